The average molecular weight is 461 g/mol. The van der Waals surface area contributed by atoms with Crippen LogP contribution in [0.15, 0.2) is 122 Å². The molecule has 0 fully saturated rings. The van der Waals surface area contributed by atoms with Gasteiger partial charge < -0.3 is 4.57 Å². The highest BCUT2D eigenvalue weighted by molar-refractivity contribution is 6.31. The summed E-state index contributed by atoms with van der Waals surface area (Å²) in [6, 6.07) is 38.7. The topological polar surface area (TPSA) is 35.6 Å². The van der Waals surface area contributed by atoms with Gasteiger partial charge in [0.1, 0.15) is 0 Å². The molecule has 3 aromatic heterocycles. The fourth-order valence-corrected chi connectivity index (χ4v) is 5.79. The zero-order valence-electron chi connectivity index (χ0n) is 19.3. The summed E-state index contributed by atoms with van der Waals surface area (Å²) < 4.78 is 4.59. The Labute approximate surface area is 206 Å². The molecule has 0 unspecified atom stereocenters. The molecule has 0 saturated carbocycles. The van der Waals surface area contributed by atoms with Crippen molar-refractivity contribution in [2.75, 3.05) is 0 Å². The summed E-state index contributed by atoms with van der Waals surface area (Å²) >= 11 is 0. The fourth-order valence-electron chi connectivity index (χ4n) is 5.79. The molecule has 0 spiro atoms. The van der Waals surface area contributed by atoms with Gasteiger partial charge in [0, 0.05) is 45.0 Å². The van der Waals surface area contributed by atoms with E-state index >= 15 is 0 Å². The van der Waals surface area contributed by atoms with E-state index in [4.69, 9.17) is 0 Å². The van der Waals surface area contributed by atoms with Gasteiger partial charge in [-0.3, -0.25) is 4.57 Å². The first-order chi connectivity index (χ1) is 17.9. The number of hydrogen-bond donors (Lipinski definition) is 0. The highest BCUT2D eigenvalue weighted by atomic mass is 15.1. The van der Waals surface area contributed by atoms with Crippen molar-refractivity contribution in [2.24, 2.45) is 0 Å². The lowest BCUT2D eigenvalue weighted by atomic mass is 10.0. The monoisotopic (exact) mass is 460 g/mol. The van der Waals surface area contributed by atoms with Crippen LogP contribution in [-0.4, -0.2) is 19.1 Å². The van der Waals surface area contributed by atoms with Crippen molar-refractivity contribution < 1.29 is 0 Å². The molecule has 4 heteroatoms. The molecule has 0 N–H and O–H groups in total. The maximum absolute atomic E-state index is 4.60. The number of fused-ring (bicyclic) bond motifs is 9. The van der Waals surface area contributed by atoms with Crippen molar-refractivity contribution in [1.82, 2.24) is 19.1 Å². The minimum atomic E-state index is 0.681. The molecule has 4 nitrogen and oxygen atoms in total. The van der Waals surface area contributed by atoms with Crippen molar-refractivity contribution in [1.29, 1.82) is 0 Å². The van der Waals surface area contributed by atoms with Gasteiger partial charge in [0.25, 0.3) is 0 Å². The first-order valence-electron chi connectivity index (χ1n) is 12.1. The maximum atomic E-state index is 4.60. The van der Waals surface area contributed by atoms with Crippen LogP contribution in [0.25, 0.3) is 66.0 Å². The van der Waals surface area contributed by atoms with Crippen LogP contribution in [0.3, 0.4) is 0 Å². The molecule has 0 amide bonds. The molecule has 0 radical (unpaired) electrons. The van der Waals surface area contributed by atoms with Crippen LogP contribution < -0.4 is 0 Å². The Hall–Kier alpha value is -4.96. The van der Waals surface area contributed by atoms with Crippen LogP contribution in [0.5, 0.6) is 0 Å². The van der Waals surface area contributed by atoms with E-state index < -0.39 is 0 Å². The summed E-state index contributed by atoms with van der Waals surface area (Å²) in [7, 11) is 0. The van der Waals surface area contributed by atoms with E-state index in [0.717, 1.165) is 16.7 Å². The summed E-state index contributed by atoms with van der Waals surface area (Å²) in [6.45, 7) is 0. The van der Waals surface area contributed by atoms with E-state index in [0.29, 0.717) is 5.95 Å². The first-order valence-corrected chi connectivity index (χ1v) is 12.1. The van der Waals surface area contributed by atoms with Gasteiger partial charge in [0.15, 0.2) is 0 Å². The van der Waals surface area contributed by atoms with Crippen LogP contribution in [-0.2, 0) is 0 Å². The van der Waals surface area contributed by atoms with Gasteiger partial charge in [-0.2, -0.15) is 0 Å². The minimum Gasteiger partial charge on any atom is -0.309 e. The average Bonchev–Trinajstić information content (AvgIpc) is 3.47. The summed E-state index contributed by atoms with van der Waals surface area (Å²) in [5, 5.41) is 7.41. The standard InChI is InChI=1S/C32H20N4/c1-2-10-22(11-3-1)35-27-17-18-28-29(30(27)25-16-15-21-9-4-5-12-23(21)31(25)35)24-13-6-7-14-26(24)36(28)32-33-19-8-20-34-32/h1-20H. The lowest BCUT2D eigenvalue weighted by Crippen LogP contribution is -1.99. The summed E-state index contributed by atoms with van der Waals surface area (Å²) in [5.41, 5.74) is 5.79. The zero-order valence-corrected chi connectivity index (χ0v) is 19.3. The van der Waals surface area contributed by atoms with Crippen molar-refractivity contribution in [2.45, 2.75) is 0 Å². The Morgan fingerprint density at radius 3 is 1.94 bits per heavy atom. The normalized spacial score (nSPS) is 11.9. The second-order valence-corrected chi connectivity index (χ2v) is 9.11. The number of hydrogen-bond acceptors (Lipinski definition) is 2. The van der Waals surface area contributed by atoms with Crippen molar-refractivity contribution in [3.8, 4) is 11.6 Å². The molecule has 168 valence electrons. The first kappa shape index (κ1) is 19.4. The molecule has 0 aliphatic carbocycles. The van der Waals surface area contributed by atoms with E-state index in [1.807, 2.05) is 6.07 Å². The van der Waals surface area contributed by atoms with Crippen molar-refractivity contribution in [3.05, 3.63) is 122 Å². The molecule has 0 bridgehead atoms. The van der Waals surface area contributed by atoms with Gasteiger partial charge in [-0.15, -0.1) is 0 Å². The third-order valence-electron chi connectivity index (χ3n) is 7.22. The van der Waals surface area contributed by atoms with E-state index in [9.17, 15) is 0 Å². The van der Waals surface area contributed by atoms with Crippen LogP contribution in [0.4, 0.5) is 0 Å². The summed E-state index contributed by atoms with van der Waals surface area (Å²) in [4.78, 5) is 9.21. The Morgan fingerprint density at radius 2 is 1.11 bits per heavy atom. The van der Waals surface area contributed by atoms with E-state index in [2.05, 4.69) is 122 Å². The lowest BCUT2D eigenvalue weighted by Gasteiger charge is -2.09. The number of benzene rings is 5. The predicted octanol–water partition coefficient (Wildman–Crippen LogP) is 7.82. The van der Waals surface area contributed by atoms with Crippen molar-refractivity contribution in [3.63, 3.8) is 0 Å². The Morgan fingerprint density at radius 1 is 0.444 bits per heavy atom. The Bertz CT molecular complexity index is 2080. The highest BCUT2D eigenvalue weighted by Crippen LogP contribution is 2.43. The molecule has 5 aromatic carbocycles. The maximum Gasteiger partial charge on any atom is 0.234 e. The molecular formula is C32H20N4. The number of nitrogens with zero attached hydrogens (tertiary/aromatic N) is 4. The van der Waals surface area contributed by atoms with E-state index in [1.165, 1.54) is 43.4 Å². The molecule has 0 saturated heterocycles. The van der Waals surface area contributed by atoms with Crippen LogP contribution in [0.1, 0.15) is 0 Å². The highest BCUT2D eigenvalue weighted by Gasteiger charge is 2.21. The Kier molecular flexibility index (Phi) is 3.91. The zero-order chi connectivity index (χ0) is 23.6. The molecule has 0 atom stereocenters. The molecule has 0 aliphatic heterocycles. The van der Waals surface area contributed by atoms with Gasteiger partial charge in [-0.25, -0.2) is 9.97 Å². The van der Waals surface area contributed by atoms with E-state index in [-0.39, 0.29) is 0 Å². The van der Waals surface area contributed by atoms with Gasteiger partial charge in [-0.1, -0.05) is 72.8 Å². The van der Waals surface area contributed by atoms with Gasteiger partial charge in [0.05, 0.1) is 22.1 Å². The molecular weight excluding hydrogens is 440 g/mol. The van der Waals surface area contributed by atoms with Gasteiger partial charge in [-0.05, 0) is 41.8 Å². The third kappa shape index (κ3) is 2.53. The third-order valence-corrected chi connectivity index (χ3v) is 7.22. The quantitative estimate of drug-likeness (QED) is 0.264. The number of aromatic nitrogens is 4. The van der Waals surface area contributed by atoms with Gasteiger partial charge in [0.2, 0.25) is 5.95 Å². The second-order valence-electron chi connectivity index (χ2n) is 9.11. The minimum absolute atomic E-state index is 0.681. The largest absolute Gasteiger partial charge is 0.309 e. The molecule has 36 heavy (non-hydrogen) atoms. The fraction of sp³-hybridized carbons (Fsp3) is 0. The number of para-hydroxylation sites is 2. The Balaban J connectivity index is 1.66. The SMILES string of the molecule is c1ccc(-n2c3ccc4c(c5ccccc5n4-c4ncccn4)c3c3ccc4ccccc4c32)cc1. The molecule has 3 heterocycles. The molecule has 8 rings (SSSR count). The second kappa shape index (κ2) is 7.27. The predicted molar refractivity (Wildman–Crippen MR) is 148 cm³/mol. The smallest absolute Gasteiger partial charge is 0.234 e. The van der Waals surface area contributed by atoms with Gasteiger partial charge >= 0.3 is 0 Å². The van der Waals surface area contributed by atoms with Crippen LogP contribution in [0, 0.1) is 0 Å². The van der Waals surface area contributed by atoms with E-state index in [1.54, 1.807) is 12.4 Å². The lowest BCUT2D eigenvalue weighted by molar-refractivity contribution is 0.988. The molecule has 0 aliphatic rings. The van der Waals surface area contributed by atoms with Crippen LogP contribution >= 0.6 is 0 Å². The van der Waals surface area contributed by atoms with Crippen LogP contribution in [0.2, 0.25) is 0 Å². The summed E-state index contributed by atoms with van der Waals surface area (Å²) in [5.74, 6) is 0.681. The van der Waals surface area contributed by atoms with Crippen molar-refractivity contribution >= 4 is 54.4 Å². The summed E-state index contributed by atoms with van der Waals surface area (Å²) in [6.07, 6.45) is 3.60. The number of rotatable bonds is 2. The molecule has 8 aromatic rings.